The minimum Gasteiger partial charge on any atom is -0.494 e. The Kier molecular flexibility index (Phi) is 10.1. The normalized spacial score (nSPS) is 13.6. The molecule has 5 rings (SSSR count). The number of allylic oxidation sites excluding steroid dienone is 1. The Morgan fingerprint density at radius 3 is 2.67 bits per heavy atom. The number of hydrogen-bond acceptors (Lipinski definition) is 9. The fourth-order valence-corrected chi connectivity index (χ4v) is 5.38. The Bertz CT molecular complexity index is 1660. The minimum absolute atomic E-state index is 0.00662. The predicted octanol–water partition coefficient (Wildman–Crippen LogP) is 3.59. The number of Topliss-reactive ketones (excluding diaryl/α,β-unsaturated/α-hetero) is 1. The van der Waals surface area contributed by atoms with E-state index in [1.165, 1.54) is 24.3 Å². The third-order valence-electron chi connectivity index (χ3n) is 7.19. The topological polar surface area (TPSA) is 151 Å². The number of alkyl halides is 1. The number of pyridine rings is 1. The molecule has 0 spiro atoms. The zero-order valence-electron chi connectivity index (χ0n) is 23.7. The van der Waals surface area contributed by atoms with Crippen LogP contribution in [0.4, 0.5) is 0 Å². The molecule has 0 radical (unpaired) electrons. The van der Waals surface area contributed by atoms with Crippen LogP contribution in [-0.4, -0.2) is 92.3 Å². The maximum Gasteiger partial charge on any atom is 0.291 e. The predicted molar refractivity (Wildman–Crippen MR) is 169 cm³/mol. The number of benzene rings is 1. The first-order chi connectivity index (χ1) is 21.0. The maximum absolute atomic E-state index is 13.6. The Morgan fingerprint density at radius 2 is 1.95 bits per heavy atom. The summed E-state index contributed by atoms with van der Waals surface area (Å²) in [5, 5.41) is 17.4. The first-order valence-corrected chi connectivity index (χ1v) is 15.4. The van der Waals surface area contributed by atoms with Crippen LogP contribution in [-0.2, 0) is 4.74 Å². The van der Waals surface area contributed by atoms with Crippen LogP contribution in [0.2, 0.25) is 0 Å². The summed E-state index contributed by atoms with van der Waals surface area (Å²) in [7, 11) is 1.52. The number of carbonyl (C=O) groups is 2. The molecule has 1 saturated heterocycles. The van der Waals surface area contributed by atoms with Gasteiger partial charge in [0.25, 0.3) is 5.91 Å². The molecule has 2 N–H and O–H groups in total. The fourth-order valence-electron chi connectivity index (χ4n) is 5.07. The second-order valence-corrected chi connectivity index (χ2v) is 10.9. The zero-order valence-corrected chi connectivity index (χ0v) is 25.8. The number of ether oxygens (including phenoxy) is 2. The summed E-state index contributed by atoms with van der Waals surface area (Å²) in [5.74, 6) is 0.325. The van der Waals surface area contributed by atoms with Crippen molar-refractivity contribution in [2.45, 2.75) is 12.8 Å². The summed E-state index contributed by atoms with van der Waals surface area (Å²) >= 11 is 2.22. The van der Waals surface area contributed by atoms with Gasteiger partial charge in [-0.15, -0.1) is 5.10 Å². The molecule has 1 fully saturated rings. The van der Waals surface area contributed by atoms with E-state index in [0.717, 1.165) is 34.0 Å². The lowest BCUT2D eigenvalue weighted by molar-refractivity contribution is 0.0911. The first kappa shape index (κ1) is 30.3. The van der Waals surface area contributed by atoms with Crippen molar-refractivity contribution in [2.75, 3.05) is 50.9 Å². The van der Waals surface area contributed by atoms with Crippen molar-refractivity contribution in [3.8, 4) is 17.6 Å². The molecule has 1 amide bonds. The Labute approximate surface area is 262 Å². The molecule has 3 aromatic heterocycles. The molecular formula is C30H31IN8O4. The van der Waals surface area contributed by atoms with Crippen LogP contribution in [0.25, 0.3) is 22.3 Å². The molecule has 1 aromatic carbocycles. The minimum atomic E-state index is -0.422. The number of fused-ring (bicyclic) bond motifs is 1. The average Bonchev–Trinajstić information content (AvgIpc) is 3.71. The van der Waals surface area contributed by atoms with E-state index in [0.29, 0.717) is 60.9 Å². The van der Waals surface area contributed by atoms with E-state index in [4.69, 9.17) is 9.47 Å². The highest BCUT2D eigenvalue weighted by Gasteiger charge is 2.25. The number of hydrogen-bond donors (Lipinski definition) is 2. The SMILES string of the molecule is COc1cnc(-n2cnc(C(=O)NCCOCCI)n2)c2[nH]cc(C(=O)CN3CCC(=C(C#N)c4ccccc4)CC3)c12. The van der Waals surface area contributed by atoms with Crippen molar-refractivity contribution in [3.05, 3.63) is 71.6 Å². The highest BCUT2D eigenvalue weighted by atomic mass is 127. The molecule has 4 heterocycles. The molecule has 0 atom stereocenters. The quantitative estimate of drug-likeness (QED) is 0.0746. The van der Waals surface area contributed by atoms with E-state index < -0.39 is 5.91 Å². The number of H-pyrrole nitrogens is 1. The lowest BCUT2D eigenvalue weighted by Crippen LogP contribution is -2.35. The highest BCUT2D eigenvalue weighted by molar-refractivity contribution is 14.1. The van der Waals surface area contributed by atoms with Gasteiger partial charge >= 0.3 is 0 Å². The van der Waals surface area contributed by atoms with Crippen molar-refractivity contribution < 1.29 is 19.1 Å². The maximum atomic E-state index is 13.6. The van der Waals surface area contributed by atoms with E-state index in [1.807, 2.05) is 30.3 Å². The Hall–Kier alpha value is -4.13. The number of rotatable bonds is 12. The van der Waals surface area contributed by atoms with Gasteiger partial charge in [0.2, 0.25) is 5.82 Å². The monoisotopic (exact) mass is 694 g/mol. The third-order valence-corrected chi connectivity index (χ3v) is 7.64. The van der Waals surface area contributed by atoms with Crippen molar-refractivity contribution in [1.82, 2.24) is 34.9 Å². The number of amides is 1. The number of nitrogens with one attached hydrogen (secondary N) is 2. The van der Waals surface area contributed by atoms with Gasteiger partial charge in [-0.25, -0.2) is 9.97 Å². The standard InChI is InChI=1S/C30H31IN8O4/c1-42-25-17-35-29(39-19-36-28(37-39)30(41)33-10-14-43-13-9-31)27-26(25)23(16-34-27)24(40)18-38-11-7-21(8-12-38)22(15-32)20-5-3-2-4-6-20/h2-6,16-17,19,34H,7-14,18H2,1H3,(H,33,41). The number of halogens is 1. The number of methoxy groups -OCH3 is 1. The van der Waals surface area contributed by atoms with Gasteiger partial charge in [-0.05, 0) is 24.0 Å². The fraction of sp³-hybridized carbons (Fsp3) is 0.333. The summed E-state index contributed by atoms with van der Waals surface area (Å²) < 4.78 is 13.2. The summed E-state index contributed by atoms with van der Waals surface area (Å²) in [6.45, 7) is 2.96. The van der Waals surface area contributed by atoms with E-state index in [2.05, 4.69) is 58.9 Å². The molecule has 0 bridgehead atoms. The van der Waals surface area contributed by atoms with Crippen LogP contribution in [0.15, 0.2) is 54.6 Å². The number of likely N-dealkylation sites (tertiary alicyclic amines) is 1. The molecule has 0 saturated carbocycles. The molecular weight excluding hydrogens is 663 g/mol. The summed E-state index contributed by atoms with van der Waals surface area (Å²) in [4.78, 5) is 39.9. The number of nitrogens with zero attached hydrogens (tertiary/aromatic N) is 6. The molecule has 1 aliphatic heterocycles. The van der Waals surface area contributed by atoms with Gasteiger partial charge in [0.05, 0.1) is 55.6 Å². The van der Waals surface area contributed by atoms with Gasteiger partial charge in [0.15, 0.2) is 11.6 Å². The molecule has 12 nitrogen and oxygen atoms in total. The van der Waals surface area contributed by atoms with Gasteiger partial charge in [0, 0.05) is 35.8 Å². The van der Waals surface area contributed by atoms with Gasteiger partial charge in [-0.1, -0.05) is 52.9 Å². The second-order valence-electron chi connectivity index (χ2n) is 9.83. The average molecular weight is 695 g/mol. The van der Waals surface area contributed by atoms with Gasteiger partial charge in [-0.3, -0.25) is 14.5 Å². The van der Waals surface area contributed by atoms with Crippen LogP contribution in [0.3, 0.4) is 0 Å². The van der Waals surface area contributed by atoms with Crippen molar-refractivity contribution in [1.29, 1.82) is 5.26 Å². The summed E-state index contributed by atoms with van der Waals surface area (Å²) in [6.07, 6.45) is 6.04. The largest absolute Gasteiger partial charge is 0.494 e. The smallest absolute Gasteiger partial charge is 0.291 e. The highest BCUT2D eigenvalue weighted by Crippen LogP contribution is 2.32. The molecule has 4 aromatic rings. The molecule has 0 aliphatic carbocycles. The number of carbonyl (C=O) groups excluding carboxylic acids is 2. The van der Waals surface area contributed by atoms with Crippen LogP contribution in [0.5, 0.6) is 5.75 Å². The molecule has 222 valence electrons. The first-order valence-electron chi connectivity index (χ1n) is 13.8. The lowest BCUT2D eigenvalue weighted by Gasteiger charge is -2.28. The number of aromatic amines is 1. The van der Waals surface area contributed by atoms with Crippen LogP contribution in [0, 0.1) is 11.3 Å². The van der Waals surface area contributed by atoms with Gasteiger partial charge < -0.3 is 19.8 Å². The van der Waals surface area contributed by atoms with E-state index in [-0.39, 0.29) is 18.2 Å². The third kappa shape index (κ3) is 6.93. The number of piperidine rings is 1. The molecule has 13 heteroatoms. The van der Waals surface area contributed by atoms with Crippen molar-refractivity contribution in [2.24, 2.45) is 0 Å². The summed E-state index contributed by atoms with van der Waals surface area (Å²) in [6, 6.07) is 12.1. The number of aromatic nitrogens is 5. The van der Waals surface area contributed by atoms with Crippen LogP contribution >= 0.6 is 22.6 Å². The van der Waals surface area contributed by atoms with E-state index in [9.17, 15) is 14.9 Å². The lowest BCUT2D eigenvalue weighted by atomic mass is 9.93. The van der Waals surface area contributed by atoms with Gasteiger partial charge in [-0.2, -0.15) is 9.94 Å². The zero-order chi connectivity index (χ0) is 30.2. The number of nitriles is 1. The molecule has 43 heavy (non-hydrogen) atoms. The molecule has 1 aliphatic rings. The van der Waals surface area contributed by atoms with Crippen LogP contribution in [0.1, 0.15) is 39.4 Å². The van der Waals surface area contributed by atoms with Gasteiger partial charge in [0.1, 0.15) is 12.1 Å². The van der Waals surface area contributed by atoms with E-state index >= 15 is 0 Å². The van der Waals surface area contributed by atoms with Crippen molar-refractivity contribution >= 4 is 50.8 Å². The molecule has 0 unspecified atom stereocenters. The number of ketones is 1. The Balaban J connectivity index is 1.30. The summed E-state index contributed by atoms with van der Waals surface area (Å²) in [5.41, 5.74) is 3.78. The van der Waals surface area contributed by atoms with E-state index in [1.54, 1.807) is 6.20 Å². The van der Waals surface area contributed by atoms with Crippen molar-refractivity contribution in [3.63, 3.8) is 0 Å². The Morgan fingerprint density at radius 1 is 1.16 bits per heavy atom. The van der Waals surface area contributed by atoms with Crippen LogP contribution < -0.4 is 10.1 Å². The second kappa shape index (κ2) is 14.4.